The first-order chi connectivity index (χ1) is 22.4. The van der Waals surface area contributed by atoms with E-state index in [0.717, 1.165) is 29.2 Å². The Morgan fingerprint density at radius 1 is 1.09 bits per heavy atom. The molecular formula is C33H34F4N6O3S. The van der Waals surface area contributed by atoms with Crippen molar-refractivity contribution < 1.29 is 31.8 Å². The summed E-state index contributed by atoms with van der Waals surface area (Å²) < 4.78 is 63.2. The zero-order valence-corrected chi connectivity index (χ0v) is 27.0. The molecule has 0 spiro atoms. The Bertz CT molecular complexity index is 1710. The van der Waals surface area contributed by atoms with Gasteiger partial charge in [-0.3, -0.25) is 0 Å². The van der Waals surface area contributed by atoms with Crippen LogP contribution in [0.15, 0.2) is 78.0 Å². The first-order valence-electron chi connectivity index (χ1n) is 14.9. The van der Waals surface area contributed by atoms with E-state index in [0.29, 0.717) is 27.8 Å². The molecule has 1 N–H and O–H groups in total. The molecule has 1 aliphatic rings. The third kappa shape index (κ3) is 8.42. The number of anilines is 1. The number of nitrogens with zero attached hydrogens (tertiary/aromatic N) is 5. The van der Waals surface area contributed by atoms with Gasteiger partial charge in [-0.2, -0.15) is 4.99 Å². The van der Waals surface area contributed by atoms with E-state index in [1.54, 1.807) is 31.4 Å². The molecule has 2 amide bonds. The van der Waals surface area contributed by atoms with E-state index in [1.165, 1.54) is 47.0 Å². The molecule has 2 heterocycles. The largest absolute Gasteiger partial charge is 0.573 e. The van der Waals surface area contributed by atoms with Crippen molar-refractivity contribution in [1.29, 1.82) is 0 Å². The lowest BCUT2D eigenvalue weighted by molar-refractivity contribution is -0.274. The molecule has 5 rings (SSSR count). The zero-order valence-electron chi connectivity index (χ0n) is 26.2. The molecule has 9 nitrogen and oxygen atoms in total. The van der Waals surface area contributed by atoms with Crippen LogP contribution in [-0.2, 0) is 0 Å². The maximum absolute atomic E-state index is 15.2. The molecule has 0 radical (unpaired) electrons. The second kappa shape index (κ2) is 14.4. The van der Waals surface area contributed by atoms with Gasteiger partial charge in [-0.25, -0.2) is 18.9 Å². The highest BCUT2D eigenvalue weighted by Gasteiger charge is 2.31. The van der Waals surface area contributed by atoms with Crippen molar-refractivity contribution in [1.82, 2.24) is 20.1 Å². The van der Waals surface area contributed by atoms with Crippen LogP contribution < -0.4 is 19.7 Å². The number of nitrogens with one attached hydrogen (secondary N) is 1. The summed E-state index contributed by atoms with van der Waals surface area (Å²) in [5, 5.41) is 7.52. The molecule has 1 fully saturated rings. The Morgan fingerprint density at radius 2 is 1.79 bits per heavy atom. The molecule has 0 bridgehead atoms. The number of halogens is 4. The van der Waals surface area contributed by atoms with Gasteiger partial charge in [0.15, 0.2) is 11.0 Å². The number of ether oxygens (including phenoxy) is 2. The molecule has 0 saturated carbocycles. The number of thioether (sulfide) groups is 1. The van der Waals surface area contributed by atoms with Gasteiger partial charge < -0.3 is 19.7 Å². The van der Waals surface area contributed by atoms with Crippen LogP contribution in [-0.4, -0.2) is 57.8 Å². The smallest absolute Gasteiger partial charge is 0.497 e. The number of benzene rings is 3. The van der Waals surface area contributed by atoms with Crippen molar-refractivity contribution in [2.24, 2.45) is 4.99 Å². The number of amides is 2. The highest BCUT2D eigenvalue weighted by Crippen LogP contribution is 2.37. The minimum Gasteiger partial charge on any atom is -0.497 e. The van der Waals surface area contributed by atoms with E-state index in [9.17, 15) is 18.0 Å². The number of carbonyl (C=O) groups is 1. The maximum Gasteiger partial charge on any atom is 0.573 e. The normalized spacial score (nSPS) is 16.7. The van der Waals surface area contributed by atoms with Crippen LogP contribution in [0.5, 0.6) is 11.5 Å². The van der Waals surface area contributed by atoms with Crippen LogP contribution in [0.2, 0.25) is 0 Å². The second-order valence-corrected chi connectivity index (χ2v) is 12.2. The molecule has 1 aromatic heterocycles. The van der Waals surface area contributed by atoms with Crippen molar-refractivity contribution in [2.45, 2.75) is 51.7 Å². The first kappa shape index (κ1) is 33.8. The lowest BCUT2D eigenvalue weighted by atomic mass is 9.99. The molecule has 0 aliphatic carbocycles. The molecule has 2 unspecified atom stereocenters. The predicted molar refractivity (Wildman–Crippen MR) is 174 cm³/mol. The lowest BCUT2D eigenvalue weighted by Gasteiger charge is -2.37. The van der Waals surface area contributed by atoms with Gasteiger partial charge in [0.2, 0.25) is 0 Å². The fraction of sp³-hybridized carbons (Fsp3) is 0.333. The van der Waals surface area contributed by atoms with Crippen molar-refractivity contribution in [3.63, 3.8) is 0 Å². The van der Waals surface area contributed by atoms with Gasteiger partial charge >= 0.3 is 12.4 Å². The number of amidine groups is 1. The zero-order chi connectivity index (χ0) is 33.7. The van der Waals surface area contributed by atoms with E-state index in [2.05, 4.69) is 50.8 Å². The first-order valence-corrected chi connectivity index (χ1v) is 15.9. The number of urea groups is 1. The van der Waals surface area contributed by atoms with Crippen LogP contribution in [0.4, 0.5) is 28.0 Å². The number of aromatic nitrogens is 3. The number of alkyl halides is 4. The summed E-state index contributed by atoms with van der Waals surface area (Å²) in [5.74, 6) is 1.77. The van der Waals surface area contributed by atoms with E-state index in [-0.39, 0.29) is 24.3 Å². The van der Waals surface area contributed by atoms with Gasteiger partial charge in [0.25, 0.3) is 0 Å². The number of hydrogen-bond donors (Lipinski definition) is 1. The molecule has 1 aliphatic heterocycles. The quantitative estimate of drug-likeness (QED) is 0.180. The summed E-state index contributed by atoms with van der Waals surface area (Å²) >= 11 is 1.49. The summed E-state index contributed by atoms with van der Waals surface area (Å²) in [6.45, 7) is 6.03. The molecule has 3 aromatic carbocycles. The predicted octanol–water partition coefficient (Wildman–Crippen LogP) is 8.07. The second-order valence-electron chi connectivity index (χ2n) is 11.2. The number of rotatable bonds is 9. The van der Waals surface area contributed by atoms with Gasteiger partial charge in [0.05, 0.1) is 19.3 Å². The minimum atomic E-state index is -4.78. The maximum atomic E-state index is 15.2. The van der Waals surface area contributed by atoms with Crippen molar-refractivity contribution in [3.8, 4) is 28.6 Å². The number of hydrogen-bond acceptors (Lipinski definition) is 6. The monoisotopic (exact) mass is 670 g/mol. The summed E-state index contributed by atoms with van der Waals surface area (Å²) in [4.78, 5) is 23.5. The molecule has 14 heteroatoms. The Labute approximate surface area is 274 Å². The van der Waals surface area contributed by atoms with Gasteiger partial charge in [-0.15, -0.1) is 18.3 Å². The fourth-order valence-corrected chi connectivity index (χ4v) is 6.26. The number of carbonyl (C=O) groups excluding carboxylic acids is 1. The van der Waals surface area contributed by atoms with Gasteiger partial charge in [0.1, 0.15) is 24.0 Å². The van der Waals surface area contributed by atoms with Gasteiger partial charge in [0, 0.05) is 23.0 Å². The third-order valence-corrected chi connectivity index (χ3v) is 8.50. The van der Waals surface area contributed by atoms with E-state index < -0.39 is 18.6 Å². The standard InChI is InChI=1S/C33H34F4N6O3S/c1-20(2)27-17-26(45-4)13-14-29(27)43-21(3)15-16-47-32(43)40-31(44)38-18-28(34)22-5-7-23(8-6-22)30-39-19-42(41-30)24-9-11-25(12-10-24)46-33(35,36)37/h5-14,17,19-21,28H,15-16,18H2,1-4H3,(H,38,44)/b40-32-. The van der Waals surface area contributed by atoms with Crippen LogP contribution in [0.3, 0.4) is 0 Å². The van der Waals surface area contributed by atoms with Crippen molar-refractivity contribution >= 4 is 28.6 Å². The fourth-order valence-electron chi connectivity index (χ4n) is 5.06. The topological polar surface area (TPSA) is 93.9 Å². The van der Waals surface area contributed by atoms with Crippen LogP contribution in [0.1, 0.15) is 50.4 Å². The molecule has 248 valence electrons. The average molecular weight is 671 g/mol. The summed E-state index contributed by atoms with van der Waals surface area (Å²) in [6.07, 6.45) is -3.93. The highest BCUT2D eigenvalue weighted by molar-refractivity contribution is 8.14. The van der Waals surface area contributed by atoms with Crippen molar-refractivity contribution in [2.75, 3.05) is 24.3 Å². The summed E-state index contributed by atoms with van der Waals surface area (Å²) in [5.41, 5.74) is 3.48. The van der Waals surface area contributed by atoms with Gasteiger partial charge in [-0.1, -0.05) is 49.9 Å². The summed E-state index contributed by atoms with van der Waals surface area (Å²) in [6, 6.07) is 17.0. The number of methoxy groups -OCH3 is 1. The van der Waals surface area contributed by atoms with Crippen LogP contribution >= 0.6 is 11.8 Å². The lowest BCUT2D eigenvalue weighted by Crippen LogP contribution is -2.42. The number of aliphatic imine (C=N–C) groups is 1. The molecular weight excluding hydrogens is 636 g/mol. The van der Waals surface area contributed by atoms with Crippen LogP contribution in [0, 0.1) is 0 Å². The summed E-state index contributed by atoms with van der Waals surface area (Å²) in [7, 11) is 1.63. The van der Waals surface area contributed by atoms with E-state index in [4.69, 9.17) is 4.74 Å². The highest BCUT2D eigenvalue weighted by atomic mass is 32.2. The molecule has 4 aromatic rings. The van der Waals surface area contributed by atoms with E-state index >= 15 is 4.39 Å². The Balaban J connectivity index is 1.22. The SMILES string of the molecule is COc1ccc(N2/C(=N/C(=O)NCC(F)c3ccc(-c4ncn(-c5ccc(OC(F)(F)F)cc5)n4)cc3)SCCC2C)c(C(C)C)c1. The van der Waals surface area contributed by atoms with Crippen molar-refractivity contribution in [3.05, 3.63) is 84.2 Å². The third-order valence-electron chi connectivity index (χ3n) is 7.52. The minimum absolute atomic E-state index is 0.112. The Kier molecular flexibility index (Phi) is 10.4. The Hall–Kier alpha value is -4.59. The Morgan fingerprint density at radius 3 is 2.45 bits per heavy atom. The van der Waals surface area contributed by atoms with Crippen LogP contribution in [0.25, 0.3) is 17.1 Å². The van der Waals surface area contributed by atoms with Gasteiger partial charge in [-0.05, 0) is 72.9 Å². The van der Waals surface area contributed by atoms with E-state index in [1.807, 2.05) is 18.2 Å². The molecule has 47 heavy (non-hydrogen) atoms. The molecule has 1 saturated heterocycles. The average Bonchev–Trinajstić information content (AvgIpc) is 3.54. The molecule has 2 atom stereocenters.